The largest absolute Gasteiger partial charge is 0.326 e. The van der Waals surface area contributed by atoms with Gasteiger partial charge in [0.1, 0.15) is 0 Å². The lowest BCUT2D eigenvalue weighted by atomic mass is 9.87. The van der Waals surface area contributed by atoms with Crippen LogP contribution in [0.3, 0.4) is 0 Å². The van der Waals surface area contributed by atoms with E-state index in [0.29, 0.717) is 12.3 Å². The van der Waals surface area contributed by atoms with Gasteiger partial charge in [-0.25, -0.2) is 0 Å². The second-order valence-electron chi connectivity index (χ2n) is 5.49. The average Bonchev–Trinajstić information content (AvgIpc) is 2.40. The first kappa shape index (κ1) is 14.1. The van der Waals surface area contributed by atoms with E-state index in [1.54, 1.807) is 0 Å². The maximum absolute atomic E-state index is 12.0. The van der Waals surface area contributed by atoms with Crippen LogP contribution in [0.15, 0.2) is 24.3 Å². The molecule has 0 bridgehead atoms. The van der Waals surface area contributed by atoms with Gasteiger partial charge in [-0.15, -0.1) is 0 Å². The van der Waals surface area contributed by atoms with E-state index < -0.39 is 0 Å². The number of amides is 1. The van der Waals surface area contributed by atoms with Gasteiger partial charge in [-0.05, 0) is 43.5 Å². The summed E-state index contributed by atoms with van der Waals surface area (Å²) in [6.07, 6.45) is 7.02. The molecule has 104 valence electrons. The van der Waals surface area contributed by atoms with Crippen molar-refractivity contribution in [2.45, 2.75) is 45.1 Å². The van der Waals surface area contributed by atoms with Gasteiger partial charge in [-0.1, -0.05) is 31.4 Å². The fraction of sp³-hybridized carbons (Fsp3) is 0.562. The predicted molar refractivity (Wildman–Crippen MR) is 79.0 cm³/mol. The van der Waals surface area contributed by atoms with Gasteiger partial charge in [0.15, 0.2) is 0 Å². The Kier molecular flexibility index (Phi) is 5.40. The van der Waals surface area contributed by atoms with Crippen molar-refractivity contribution in [3.8, 4) is 0 Å². The molecule has 1 aliphatic rings. The molecule has 2 rings (SSSR count). The van der Waals surface area contributed by atoms with E-state index in [4.69, 9.17) is 0 Å². The summed E-state index contributed by atoms with van der Waals surface area (Å²) >= 11 is 0. The number of hydrogen-bond acceptors (Lipinski definition) is 2. The van der Waals surface area contributed by atoms with Crippen molar-refractivity contribution in [1.29, 1.82) is 0 Å². The number of carbonyl (C=O) groups is 1. The maximum Gasteiger partial charge on any atom is 0.224 e. The monoisotopic (exact) mass is 260 g/mol. The Morgan fingerprint density at radius 2 is 2.05 bits per heavy atom. The van der Waals surface area contributed by atoms with E-state index in [2.05, 4.69) is 16.7 Å². The van der Waals surface area contributed by atoms with Gasteiger partial charge in [-0.3, -0.25) is 4.79 Å². The minimum absolute atomic E-state index is 0.161. The Morgan fingerprint density at radius 1 is 1.26 bits per heavy atom. The smallest absolute Gasteiger partial charge is 0.224 e. The summed E-state index contributed by atoms with van der Waals surface area (Å²) in [5, 5.41) is 6.14. The quantitative estimate of drug-likeness (QED) is 0.852. The topological polar surface area (TPSA) is 41.1 Å². The molecule has 2 N–H and O–H groups in total. The Balaban J connectivity index is 1.85. The average molecular weight is 260 g/mol. The second kappa shape index (κ2) is 7.29. The van der Waals surface area contributed by atoms with Gasteiger partial charge < -0.3 is 10.6 Å². The zero-order valence-electron chi connectivity index (χ0n) is 11.7. The molecule has 0 saturated heterocycles. The van der Waals surface area contributed by atoms with Crippen molar-refractivity contribution < 1.29 is 4.79 Å². The lowest BCUT2D eigenvalue weighted by Gasteiger charge is -2.20. The van der Waals surface area contributed by atoms with Crippen molar-refractivity contribution in [1.82, 2.24) is 5.32 Å². The van der Waals surface area contributed by atoms with Crippen LogP contribution in [0.25, 0.3) is 0 Å². The molecule has 0 unspecified atom stereocenters. The summed E-state index contributed by atoms with van der Waals surface area (Å²) in [7, 11) is 1.92. The minimum Gasteiger partial charge on any atom is -0.326 e. The van der Waals surface area contributed by atoms with Gasteiger partial charge >= 0.3 is 0 Å². The van der Waals surface area contributed by atoms with E-state index in [-0.39, 0.29) is 5.91 Å². The van der Waals surface area contributed by atoms with Crippen LogP contribution in [0.2, 0.25) is 0 Å². The third-order valence-electron chi connectivity index (χ3n) is 3.79. The van der Waals surface area contributed by atoms with Crippen molar-refractivity contribution in [2.24, 2.45) is 5.92 Å². The fourth-order valence-corrected chi connectivity index (χ4v) is 2.83. The highest BCUT2D eigenvalue weighted by atomic mass is 16.1. The molecule has 0 spiro atoms. The van der Waals surface area contributed by atoms with E-state index in [1.807, 2.05) is 25.2 Å². The molecule has 1 aromatic rings. The van der Waals surface area contributed by atoms with Gasteiger partial charge in [0.25, 0.3) is 0 Å². The fourth-order valence-electron chi connectivity index (χ4n) is 2.83. The van der Waals surface area contributed by atoms with Gasteiger partial charge in [0.05, 0.1) is 0 Å². The SMILES string of the molecule is CNCc1cccc(NC(=O)CC2CCCCC2)c1. The Hall–Kier alpha value is -1.35. The minimum atomic E-state index is 0.161. The first-order chi connectivity index (χ1) is 9.28. The lowest BCUT2D eigenvalue weighted by molar-refractivity contribution is -0.117. The maximum atomic E-state index is 12.0. The van der Waals surface area contributed by atoms with Crippen LogP contribution in [0.4, 0.5) is 5.69 Å². The molecule has 0 radical (unpaired) electrons. The highest BCUT2D eigenvalue weighted by Gasteiger charge is 2.16. The molecule has 1 saturated carbocycles. The number of nitrogens with one attached hydrogen (secondary N) is 2. The second-order valence-corrected chi connectivity index (χ2v) is 5.49. The van der Waals surface area contributed by atoms with Crippen LogP contribution in [0.1, 0.15) is 44.1 Å². The summed E-state index contributed by atoms with van der Waals surface area (Å²) in [4.78, 5) is 12.0. The van der Waals surface area contributed by atoms with Crippen molar-refractivity contribution >= 4 is 11.6 Å². The van der Waals surface area contributed by atoms with Crippen molar-refractivity contribution in [3.63, 3.8) is 0 Å². The van der Waals surface area contributed by atoms with Crippen LogP contribution in [0.5, 0.6) is 0 Å². The summed E-state index contributed by atoms with van der Waals surface area (Å²) < 4.78 is 0. The van der Waals surface area contributed by atoms with Gasteiger partial charge in [0.2, 0.25) is 5.91 Å². The normalized spacial score (nSPS) is 16.3. The summed E-state index contributed by atoms with van der Waals surface area (Å²) in [6, 6.07) is 8.05. The van der Waals surface area contributed by atoms with Crippen molar-refractivity contribution in [2.75, 3.05) is 12.4 Å². The molecule has 0 aromatic heterocycles. The Labute approximate surface area is 115 Å². The van der Waals surface area contributed by atoms with Crippen molar-refractivity contribution in [3.05, 3.63) is 29.8 Å². The number of carbonyl (C=O) groups excluding carboxylic acids is 1. The number of rotatable bonds is 5. The zero-order valence-corrected chi connectivity index (χ0v) is 11.7. The third-order valence-corrected chi connectivity index (χ3v) is 3.79. The molecule has 0 atom stereocenters. The van der Waals surface area contributed by atoms with Crippen LogP contribution < -0.4 is 10.6 Å². The standard InChI is InChI=1S/C16H24N2O/c1-17-12-14-8-5-9-15(10-14)18-16(19)11-13-6-3-2-4-7-13/h5,8-10,13,17H,2-4,6-7,11-12H2,1H3,(H,18,19). The molecule has 1 fully saturated rings. The molecule has 1 aromatic carbocycles. The van der Waals surface area contributed by atoms with Crippen LogP contribution >= 0.6 is 0 Å². The van der Waals surface area contributed by atoms with Gasteiger partial charge in [0, 0.05) is 18.7 Å². The molecule has 3 nitrogen and oxygen atoms in total. The molecule has 0 heterocycles. The molecule has 0 aliphatic heterocycles. The highest BCUT2D eigenvalue weighted by Crippen LogP contribution is 2.26. The molecular formula is C16H24N2O. The summed E-state index contributed by atoms with van der Waals surface area (Å²) in [6.45, 7) is 0.826. The predicted octanol–water partition coefficient (Wildman–Crippen LogP) is 3.31. The molecule has 19 heavy (non-hydrogen) atoms. The first-order valence-corrected chi connectivity index (χ1v) is 7.31. The first-order valence-electron chi connectivity index (χ1n) is 7.31. The Bertz CT molecular complexity index is 411. The molecule has 1 aliphatic carbocycles. The molecule has 3 heteroatoms. The Morgan fingerprint density at radius 3 is 2.79 bits per heavy atom. The lowest BCUT2D eigenvalue weighted by Crippen LogP contribution is -2.18. The van der Waals surface area contributed by atoms with Gasteiger partial charge in [-0.2, -0.15) is 0 Å². The van der Waals surface area contributed by atoms with Crippen LogP contribution in [-0.2, 0) is 11.3 Å². The summed E-state index contributed by atoms with van der Waals surface area (Å²) in [5.74, 6) is 0.753. The zero-order chi connectivity index (χ0) is 13.5. The molecular weight excluding hydrogens is 236 g/mol. The number of anilines is 1. The van der Waals surface area contributed by atoms with E-state index in [0.717, 1.165) is 12.2 Å². The van der Waals surface area contributed by atoms with E-state index >= 15 is 0 Å². The summed E-state index contributed by atoms with van der Waals surface area (Å²) in [5.41, 5.74) is 2.10. The number of hydrogen-bond donors (Lipinski definition) is 2. The number of benzene rings is 1. The van der Waals surface area contributed by atoms with Crippen LogP contribution in [0, 0.1) is 5.92 Å². The third kappa shape index (κ3) is 4.67. The van der Waals surface area contributed by atoms with E-state index in [1.165, 1.54) is 37.7 Å². The molecule has 1 amide bonds. The highest BCUT2D eigenvalue weighted by molar-refractivity contribution is 5.90. The van der Waals surface area contributed by atoms with Crippen LogP contribution in [-0.4, -0.2) is 13.0 Å². The van der Waals surface area contributed by atoms with E-state index in [9.17, 15) is 4.79 Å².